The molecule has 0 radical (unpaired) electrons. The molecule has 70 valence electrons. The van der Waals surface area contributed by atoms with Gasteiger partial charge in [-0.3, -0.25) is 0 Å². The van der Waals surface area contributed by atoms with Crippen LogP contribution in [0.3, 0.4) is 0 Å². The fourth-order valence-electron chi connectivity index (χ4n) is 0.511. The summed E-state index contributed by atoms with van der Waals surface area (Å²) in [6.07, 6.45) is 2.02. The molecule has 0 unspecified atom stereocenters. The summed E-state index contributed by atoms with van der Waals surface area (Å²) in [7, 11) is 1.39. The highest BCUT2D eigenvalue weighted by atomic mass is 16.5. The first-order valence-corrected chi connectivity index (χ1v) is 3.69. The first-order chi connectivity index (χ1) is 6.27. The van der Waals surface area contributed by atoms with Crippen molar-refractivity contribution in [1.29, 1.82) is 0 Å². The highest BCUT2D eigenvalue weighted by Crippen LogP contribution is 1.79. The summed E-state index contributed by atoms with van der Waals surface area (Å²) in [5.41, 5.74) is 0. The third-order valence-corrected chi connectivity index (χ3v) is 1.01. The van der Waals surface area contributed by atoms with Crippen molar-refractivity contribution in [2.75, 3.05) is 7.11 Å². The lowest BCUT2D eigenvalue weighted by Crippen LogP contribution is -1.85. The predicted molar refractivity (Wildman–Crippen MR) is 50.2 cm³/mol. The molecule has 0 amide bonds. The monoisotopic (exact) mass is 180 g/mol. The van der Waals surface area contributed by atoms with E-state index in [1.54, 1.807) is 0 Å². The van der Waals surface area contributed by atoms with E-state index < -0.39 is 5.97 Å². The molecule has 3 nitrogen and oxygen atoms in total. The average molecular weight is 180 g/mol. The molecule has 13 heavy (non-hydrogen) atoms. The molecule has 0 aliphatic rings. The van der Waals surface area contributed by atoms with Crippen LogP contribution in [0.2, 0.25) is 0 Å². The van der Waals surface area contributed by atoms with Crippen LogP contribution in [0.15, 0.2) is 48.7 Å². The maximum atomic E-state index is 9.59. The zero-order valence-electron chi connectivity index (χ0n) is 7.38. The van der Waals surface area contributed by atoms with Crippen LogP contribution in [0.5, 0.6) is 0 Å². The van der Waals surface area contributed by atoms with Gasteiger partial charge in [0, 0.05) is 0 Å². The average Bonchev–Trinajstić information content (AvgIpc) is 2.18. The van der Waals surface area contributed by atoms with E-state index in [-0.39, 0.29) is 0 Å². The van der Waals surface area contributed by atoms with Crippen LogP contribution in [-0.4, -0.2) is 18.2 Å². The highest BCUT2D eigenvalue weighted by molar-refractivity contribution is 5.79. The maximum Gasteiger partial charge on any atom is 0.331 e. The summed E-state index contributed by atoms with van der Waals surface area (Å²) in [6, 6.07) is 12.0. The Morgan fingerprint density at radius 3 is 1.69 bits per heavy atom. The van der Waals surface area contributed by atoms with Crippen molar-refractivity contribution in [2.24, 2.45) is 0 Å². The molecular formula is C10H12O3. The van der Waals surface area contributed by atoms with Crippen molar-refractivity contribution in [2.45, 2.75) is 0 Å². The smallest absolute Gasteiger partial charge is 0.331 e. The summed E-state index contributed by atoms with van der Waals surface area (Å²) in [4.78, 5) is 9.59. The van der Waals surface area contributed by atoms with E-state index in [9.17, 15) is 4.79 Å². The zero-order chi connectivity index (χ0) is 9.94. The summed E-state index contributed by atoms with van der Waals surface area (Å²) >= 11 is 0. The van der Waals surface area contributed by atoms with Crippen molar-refractivity contribution < 1.29 is 14.6 Å². The first-order valence-electron chi connectivity index (χ1n) is 3.69. The fraction of sp³-hybridized carbons (Fsp3) is 0.100. The third-order valence-electron chi connectivity index (χ3n) is 1.01. The Morgan fingerprint density at radius 1 is 1.15 bits per heavy atom. The molecule has 0 aromatic heterocycles. The van der Waals surface area contributed by atoms with Gasteiger partial charge >= 0.3 is 5.97 Å². The van der Waals surface area contributed by atoms with Crippen molar-refractivity contribution in [3.05, 3.63) is 48.7 Å². The number of carbonyl (C=O) groups is 1. The molecule has 0 fully saturated rings. The SMILES string of the molecule is COC=CC(=O)O.c1ccccc1. The molecule has 1 aromatic rings. The lowest BCUT2D eigenvalue weighted by molar-refractivity contribution is -0.131. The number of rotatable bonds is 2. The molecule has 0 aliphatic heterocycles. The topological polar surface area (TPSA) is 46.5 Å². The number of aliphatic carboxylic acids is 1. The molecule has 3 heteroatoms. The van der Waals surface area contributed by atoms with Gasteiger partial charge in [0.25, 0.3) is 0 Å². The van der Waals surface area contributed by atoms with Gasteiger partial charge in [0.2, 0.25) is 0 Å². The zero-order valence-corrected chi connectivity index (χ0v) is 7.38. The summed E-state index contributed by atoms with van der Waals surface area (Å²) in [5, 5.41) is 7.88. The normalized spacial score (nSPS) is 8.69. The number of ether oxygens (including phenoxy) is 1. The Hall–Kier alpha value is -1.77. The van der Waals surface area contributed by atoms with Gasteiger partial charge < -0.3 is 9.84 Å². The summed E-state index contributed by atoms with van der Waals surface area (Å²) < 4.78 is 4.29. The van der Waals surface area contributed by atoms with E-state index in [1.807, 2.05) is 36.4 Å². The molecule has 0 aliphatic carbocycles. The lowest BCUT2D eigenvalue weighted by atomic mass is 10.4. The Morgan fingerprint density at radius 2 is 1.54 bits per heavy atom. The second-order valence-corrected chi connectivity index (χ2v) is 2.03. The second-order valence-electron chi connectivity index (χ2n) is 2.03. The molecule has 0 saturated carbocycles. The van der Waals surface area contributed by atoms with E-state index in [1.165, 1.54) is 7.11 Å². The number of hydrogen-bond acceptors (Lipinski definition) is 2. The Kier molecular flexibility index (Phi) is 7.19. The van der Waals surface area contributed by atoms with Crippen molar-refractivity contribution in [1.82, 2.24) is 0 Å². The molecule has 0 heterocycles. The number of hydrogen-bond donors (Lipinski definition) is 1. The second kappa shape index (κ2) is 8.33. The number of benzene rings is 1. The van der Waals surface area contributed by atoms with Gasteiger partial charge in [0.05, 0.1) is 19.4 Å². The molecule has 1 aromatic carbocycles. The van der Waals surface area contributed by atoms with E-state index >= 15 is 0 Å². The van der Waals surface area contributed by atoms with Crippen molar-refractivity contribution in [3.8, 4) is 0 Å². The van der Waals surface area contributed by atoms with Crippen molar-refractivity contribution in [3.63, 3.8) is 0 Å². The Labute approximate surface area is 77.3 Å². The van der Waals surface area contributed by atoms with Crippen LogP contribution in [0.1, 0.15) is 0 Å². The summed E-state index contributed by atoms with van der Waals surface area (Å²) in [5.74, 6) is -0.998. The van der Waals surface area contributed by atoms with E-state index in [2.05, 4.69) is 4.74 Å². The van der Waals surface area contributed by atoms with Crippen LogP contribution in [0, 0.1) is 0 Å². The minimum Gasteiger partial charge on any atom is -0.504 e. The molecule has 0 saturated heterocycles. The molecular weight excluding hydrogens is 168 g/mol. The number of methoxy groups -OCH3 is 1. The quantitative estimate of drug-likeness (QED) is 0.558. The maximum absolute atomic E-state index is 9.59. The van der Waals surface area contributed by atoms with E-state index in [0.29, 0.717) is 0 Å². The third kappa shape index (κ3) is 10.2. The molecule has 0 atom stereocenters. The minimum atomic E-state index is -0.998. The van der Waals surface area contributed by atoms with Gasteiger partial charge in [-0.1, -0.05) is 36.4 Å². The van der Waals surface area contributed by atoms with Crippen LogP contribution >= 0.6 is 0 Å². The van der Waals surface area contributed by atoms with Gasteiger partial charge in [0.1, 0.15) is 0 Å². The van der Waals surface area contributed by atoms with Crippen LogP contribution < -0.4 is 0 Å². The van der Waals surface area contributed by atoms with Crippen LogP contribution in [0.4, 0.5) is 0 Å². The predicted octanol–water partition coefficient (Wildman–Crippen LogP) is 1.92. The molecule has 0 bridgehead atoms. The van der Waals surface area contributed by atoms with E-state index in [0.717, 1.165) is 12.3 Å². The van der Waals surface area contributed by atoms with E-state index in [4.69, 9.17) is 5.11 Å². The van der Waals surface area contributed by atoms with Gasteiger partial charge in [-0.25, -0.2) is 4.79 Å². The van der Waals surface area contributed by atoms with Gasteiger partial charge in [-0.15, -0.1) is 0 Å². The first kappa shape index (κ1) is 11.2. The largest absolute Gasteiger partial charge is 0.504 e. The van der Waals surface area contributed by atoms with Gasteiger partial charge in [-0.05, 0) is 0 Å². The highest BCUT2D eigenvalue weighted by Gasteiger charge is 1.80. The van der Waals surface area contributed by atoms with Crippen LogP contribution in [-0.2, 0) is 9.53 Å². The summed E-state index contributed by atoms with van der Waals surface area (Å²) in [6.45, 7) is 0. The standard InChI is InChI=1S/C6H6.C4H6O3/c1-2-4-6-5-3-1;1-7-3-2-4(5)6/h1-6H;2-3H,1H3,(H,5,6). The number of carboxylic acid groups (broad SMARTS) is 1. The fourth-order valence-corrected chi connectivity index (χ4v) is 0.511. The molecule has 1 N–H and O–H groups in total. The minimum absolute atomic E-state index is 0.917. The van der Waals surface area contributed by atoms with Crippen LogP contribution in [0.25, 0.3) is 0 Å². The molecule has 0 spiro atoms. The Bertz CT molecular complexity index is 215. The van der Waals surface area contributed by atoms with Crippen molar-refractivity contribution >= 4 is 5.97 Å². The number of carboxylic acids is 1. The lowest BCUT2D eigenvalue weighted by Gasteiger charge is -1.79. The van der Waals surface area contributed by atoms with Gasteiger partial charge in [-0.2, -0.15) is 0 Å². The molecule has 1 rings (SSSR count). The Balaban J connectivity index is 0.000000223. The van der Waals surface area contributed by atoms with Gasteiger partial charge in [0.15, 0.2) is 0 Å².